The number of aromatic nitrogens is 4. The van der Waals surface area contributed by atoms with Gasteiger partial charge in [0.05, 0.1) is 11.4 Å². The van der Waals surface area contributed by atoms with Crippen LogP contribution in [-0.2, 0) is 4.74 Å². The summed E-state index contributed by atoms with van der Waals surface area (Å²) in [5.74, 6) is 0.464. The maximum Gasteiger partial charge on any atom is 0.226 e. The minimum absolute atomic E-state index is 0.315. The predicted octanol–water partition coefficient (Wildman–Crippen LogP) is 2.14. The van der Waals surface area contributed by atoms with Crippen molar-refractivity contribution in [3.8, 4) is 0 Å². The topological polar surface area (TPSA) is 72.8 Å². The lowest BCUT2D eigenvalue weighted by molar-refractivity contribution is 0.197. The molecule has 0 saturated carbocycles. The van der Waals surface area contributed by atoms with Crippen LogP contribution in [0.4, 0.5) is 5.95 Å². The molecule has 7 heteroatoms. The van der Waals surface area contributed by atoms with Crippen molar-refractivity contribution in [3.63, 3.8) is 0 Å². The number of methoxy groups -OCH3 is 1. The Labute approximate surface area is 116 Å². The molecule has 2 aromatic rings. The minimum Gasteiger partial charge on any atom is -0.385 e. The van der Waals surface area contributed by atoms with E-state index in [4.69, 9.17) is 16.3 Å². The first-order valence-electron chi connectivity index (χ1n) is 6.03. The molecule has 2 heterocycles. The summed E-state index contributed by atoms with van der Waals surface area (Å²) in [6.45, 7) is 5.18. The number of ether oxygens (including phenoxy) is 1. The van der Waals surface area contributed by atoms with Crippen molar-refractivity contribution in [1.29, 1.82) is 0 Å². The van der Waals surface area contributed by atoms with Gasteiger partial charge in [-0.3, -0.25) is 0 Å². The number of halogens is 1. The fraction of sp³-hybridized carbons (Fsp3) is 0.500. The van der Waals surface area contributed by atoms with E-state index >= 15 is 0 Å². The van der Waals surface area contributed by atoms with Crippen LogP contribution in [0.15, 0.2) is 0 Å². The largest absolute Gasteiger partial charge is 0.385 e. The first-order chi connectivity index (χ1) is 9.11. The van der Waals surface area contributed by atoms with Gasteiger partial charge in [-0.25, -0.2) is 9.97 Å². The van der Waals surface area contributed by atoms with Crippen LogP contribution in [0.5, 0.6) is 0 Å². The van der Waals surface area contributed by atoms with Crippen molar-refractivity contribution < 1.29 is 4.74 Å². The van der Waals surface area contributed by atoms with Crippen LogP contribution in [0.25, 0.3) is 11.2 Å². The van der Waals surface area contributed by atoms with Crippen molar-refractivity contribution in [1.82, 2.24) is 19.9 Å². The van der Waals surface area contributed by atoms with E-state index < -0.39 is 0 Å². The zero-order valence-corrected chi connectivity index (χ0v) is 12.0. The summed E-state index contributed by atoms with van der Waals surface area (Å²) in [7, 11) is 1.67. The second-order valence-corrected chi connectivity index (χ2v) is 4.54. The number of hydrogen-bond donors (Lipinski definition) is 1. The van der Waals surface area contributed by atoms with Gasteiger partial charge in [0.1, 0.15) is 5.52 Å². The lowest BCUT2D eigenvalue weighted by Gasteiger charge is -2.07. The van der Waals surface area contributed by atoms with Crippen LogP contribution in [0.2, 0.25) is 5.15 Å². The number of nitrogens with one attached hydrogen (secondary N) is 1. The third kappa shape index (κ3) is 3.27. The third-order valence-electron chi connectivity index (χ3n) is 2.71. The van der Waals surface area contributed by atoms with Gasteiger partial charge in [0.2, 0.25) is 5.95 Å². The predicted molar refractivity (Wildman–Crippen MR) is 74.6 cm³/mol. The maximum atomic E-state index is 6.11. The van der Waals surface area contributed by atoms with E-state index in [9.17, 15) is 0 Å². The minimum atomic E-state index is 0.315. The molecule has 0 aliphatic heterocycles. The van der Waals surface area contributed by atoms with Crippen LogP contribution in [-0.4, -0.2) is 40.2 Å². The molecular formula is C12H16ClN5O. The van der Waals surface area contributed by atoms with Gasteiger partial charge in [0, 0.05) is 20.3 Å². The molecule has 0 unspecified atom stereocenters. The van der Waals surface area contributed by atoms with E-state index in [1.165, 1.54) is 0 Å². The Bertz CT molecular complexity index is 590. The average molecular weight is 282 g/mol. The highest BCUT2D eigenvalue weighted by Gasteiger charge is 2.10. The highest BCUT2D eigenvalue weighted by molar-refractivity contribution is 6.33. The van der Waals surface area contributed by atoms with Gasteiger partial charge in [-0.2, -0.15) is 9.97 Å². The molecule has 0 radical (unpaired) electrons. The van der Waals surface area contributed by atoms with Crippen LogP contribution < -0.4 is 5.32 Å². The quantitative estimate of drug-likeness (QED) is 0.669. The normalized spacial score (nSPS) is 10.9. The maximum absolute atomic E-state index is 6.11. The molecule has 0 atom stereocenters. The molecule has 0 aliphatic rings. The molecule has 0 aliphatic carbocycles. The summed E-state index contributed by atoms with van der Waals surface area (Å²) in [6, 6.07) is 0. The van der Waals surface area contributed by atoms with Crippen LogP contribution >= 0.6 is 11.6 Å². The summed E-state index contributed by atoms with van der Waals surface area (Å²) < 4.78 is 4.97. The van der Waals surface area contributed by atoms with Gasteiger partial charge in [0.25, 0.3) is 0 Å². The molecule has 6 nitrogen and oxygen atoms in total. The van der Waals surface area contributed by atoms with Gasteiger partial charge in [-0.05, 0) is 20.3 Å². The monoisotopic (exact) mass is 281 g/mol. The molecule has 0 aromatic carbocycles. The number of anilines is 1. The average Bonchev–Trinajstić information content (AvgIpc) is 2.37. The van der Waals surface area contributed by atoms with Crippen molar-refractivity contribution in [2.45, 2.75) is 20.3 Å². The molecule has 0 amide bonds. The Morgan fingerprint density at radius 3 is 2.58 bits per heavy atom. The molecule has 1 N–H and O–H groups in total. The van der Waals surface area contributed by atoms with Gasteiger partial charge in [0.15, 0.2) is 10.8 Å². The number of rotatable bonds is 5. The standard InChI is InChI=1S/C12H16ClN5O/c1-7-8(2)16-11-9(15-7)10(13)17-12(18-11)14-5-4-6-19-3/h4-6H2,1-3H3,(H,14,16,17,18). The first kappa shape index (κ1) is 13.9. The number of hydrogen-bond acceptors (Lipinski definition) is 6. The Morgan fingerprint density at radius 2 is 1.84 bits per heavy atom. The summed E-state index contributed by atoms with van der Waals surface area (Å²) >= 11 is 6.11. The summed E-state index contributed by atoms with van der Waals surface area (Å²) in [5.41, 5.74) is 2.72. The molecule has 2 rings (SSSR count). The number of fused-ring (bicyclic) bond motifs is 1. The fourth-order valence-corrected chi connectivity index (χ4v) is 1.78. The lowest BCUT2D eigenvalue weighted by Crippen LogP contribution is -2.09. The van der Waals surface area contributed by atoms with E-state index in [2.05, 4.69) is 25.3 Å². The molecule has 0 bridgehead atoms. The Morgan fingerprint density at radius 1 is 1.11 bits per heavy atom. The van der Waals surface area contributed by atoms with Crippen LogP contribution in [0, 0.1) is 13.8 Å². The van der Waals surface area contributed by atoms with Crippen molar-refractivity contribution in [3.05, 3.63) is 16.5 Å². The van der Waals surface area contributed by atoms with Crippen molar-refractivity contribution in [2.75, 3.05) is 25.6 Å². The first-order valence-corrected chi connectivity index (χ1v) is 6.41. The highest BCUT2D eigenvalue weighted by Crippen LogP contribution is 2.19. The van der Waals surface area contributed by atoms with Gasteiger partial charge in [-0.15, -0.1) is 0 Å². The Balaban J connectivity index is 2.25. The smallest absolute Gasteiger partial charge is 0.226 e. The van der Waals surface area contributed by atoms with Crippen LogP contribution in [0.3, 0.4) is 0 Å². The van der Waals surface area contributed by atoms with Gasteiger partial charge in [-0.1, -0.05) is 11.6 Å². The Hall–Kier alpha value is -1.53. The molecule has 0 fully saturated rings. The summed E-state index contributed by atoms with van der Waals surface area (Å²) in [6.07, 6.45) is 0.869. The Kier molecular flexibility index (Phi) is 4.44. The van der Waals surface area contributed by atoms with E-state index in [0.29, 0.717) is 35.4 Å². The fourth-order valence-electron chi connectivity index (χ4n) is 1.57. The van der Waals surface area contributed by atoms with E-state index in [1.807, 2.05) is 13.8 Å². The SMILES string of the molecule is COCCCNc1nc(Cl)c2nc(C)c(C)nc2n1. The second-order valence-electron chi connectivity index (χ2n) is 4.18. The lowest BCUT2D eigenvalue weighted by atomic mass is 10.3. The zero-order chi connectivity index (χ0) is 13.8. The molecule has 2 aromatic heterocycles. The zero-order valence-electron chi connectivity index (χ0n) is 11.2. The van der Waals surface area contributed by atoms with Crippen molar-refractivity contribution in [2.24, 2.45) is 0 Å². The second kappa shape index (κ2) is 6.08. The van der Waals surface area contributed by atoms with E-state index in [-0.39, 0.29) is 0 Å². The van der Waals surface area contributed by atoms with Gasteiger partial charge >= 0.3 is 0 Å². The molecule has 19 heavy (non-hydrogen) atoms. The summed E-state index contributed by atoms with van der Waals surface area (Å²) in [4.78, 5) is 17.2. The molecule has 102 valence electrons. The highest BCUT2D eigenvalue weighted by atomic mass is 35.5. The molecular weight excluding hydrogens is 266 g/mol. The third-order valence-corrected chi connectivity index (χ3v) is 2.97. The van der Waals surface area contributed by atoms with Crippen LogP contribution in [0.1, 0.15) is 17.8 Å². The number of aryl methyl sites for hydroxylation is 2. The molecule has 0 spiro atoms. The van der Waals surface area contributed by atoms with E-state index in [1.54, 1.807) is 7.11 Å². The number of nitrogens with zero attached hydrogens (tertiary/aromatic N) is 4. The molecule has 0 saturated heterocycles. The van der Waals surface area contributed by atoms with Crippen molar-refractivity contribution >= 4 is 28.7 Å². The summed E-state index contributed by atoms with van der Waals surface area (Å²) in [5, 5.41) is 3.41. The van der Waals surface area contributed by atoms with E-state index in [0.717, 1.165) is 17.8 Å². The van der Waals surface area contributed by atoms with Gasteiger partial charge < -0.3 is 10.1 Å².